The predicted molar refractivity (Wildman–Crippen MR) is 63.8 cm³/mol. The zero-order chi connectivity index (χ0) is 14.6. The molecule has 1 rings (SSSR count). The molecule has 0 fully saturated rings. The molecule has 0 radical (unpaired) electrons. The monoisotopic (exact) mass is 288 g/mol. The molecular formula is C10H12N2O6S. The highest BCUT2D eigenvalue weighted by molar-refractivity contribution is 7.89. The van der Waals surface area contributed by atoms with Crippen molar-refractivity contribution in [3.8, 4) is 0 Å². The van der Waals surface area contributed by atoms with E-state index in [2.05, 4.69) is 0 Å². The molecule has 1 aromatic rings. The first-order chi connectivity index (χ1) is 8.74. The van der Waals surface area contributed by atoms with E-state index in [1.54, 1.807) is 0 Å². The number of carboxylic acids is 1. The summed E-state index contributed by atoms with van der Waals surface area (Å²) < 4.78 is 25.5. The van der Waals surface area contributed by atoms with Crippen LogP contribution in [0.2, 0.25) is 0 Å². The van der Waals surface area contributed by atoms with Gasteiger partial charge in [-0.15, -0.1) is 0 Å². The molecule has 19 heavy (non-hydrogen) atoms. The fraction of sp³-hybridized carbons (Fsp3) is 0.200. The van der Waals surface area contributed by atoms with Crippen LogP contribution in [0.4, 0.5) is 0 Å². The molecule has 0 aliphatic carbocycles. The molecule has 5 N–H and O–H groups in total. The van der Waals surface area contributed by atoms with Crippen molar-refractivity contribution in [2.24, 2.45) is 5.73 Å². The van der Waals surface area contributed by atoms with E-state index in [-0.39, 0.29) is 10.5 Å². The fourth-order valence-electron chi connectivity index (χ4n) is 1.17. The lowest BCUT2D eigenvalue weighted by Crippen LogP contribution is -2.39. The number of aliphatic hydroxyl groups is 1. The highest BCUT2D eigenvalue weighted by atomic mass is 32.2. The Morgan fingerprint density at radius 1 is 1.37 bits per heavy atom. The molecule has 0 aliphatic rings. The lowest BCUT2D eigenvalue weighted by atomic mass is 10.2. The molecule has 0 saturated carbocycles. The normalized spacial score (nSPS) is 12.9. The second kappa shape index (κ2) is 5.78. The van der Waals surface area contributed by atoms with E-state index in [1.165, 1.54) is 18.2 Å². The first kappa shape index (κ1) is 15.1. The molecule has 1 aromatic carbocycles. The van der Waals surface area contributed by atoms with Crippen molar-refractivity contribution in [3.63, 3.8) is 0 Å². The number of sulfonamides is 1. The summed E-state index contributed by atoms with van der Waals surface area (Å²) in [6, 6.07) is 4.65. The zero-order valence-electron chi connectivity index (χ0n) is 9.61. The summed E-state index contributed by atoms with van der Waals surface area (Å²) in [5.74, 6) is -2.34. The summed E-state index contributed by atoms with van der Waals surface area (Å²) in [4.78, 5) is 21.0. The van der Waals surface area contributed by atoms with Crippen molar-refractivity contribution >= 4 is 21.9 Å². The molecule has 1 unspecified atom stereocenters. The fourth-order valence-corrected chi connectivity index (χ4v) is 2.25. The number of rotatable bonds is 6. The van der Waals surface area contributed by atoms with E-state index < -0.39 is 34.5 Å². The molecule has 1 atom stereocenters. The number of hydrogen-bond donors (Lipinski definition) is 4. The molecule has 9 heteroatoms. The van der Waals surface area contributed by atoms with Crippen LogP contribution in [0.3, 0.4) is 0 Å². The molecule has 8 nitrogen and oxygen atoms in total. The Kier molecular flexibility index (Phi) is 4.59. The molecular weight excluding hydrogens is 276 g/mol. The second-order valence-corrected chi connectivity index (χ2v) is 5.37. The molecule has 0 aliphatic heterocycles. The van der Waals surface area contributed by atoms with Crippen LogP contribution in [0, 0.1) is 0 Å². The number of primary amides is 1. The molecule has 0 aromatic heterocycles. The largest absolute Gasteiger partial charge is 0.478 e. The van der Waals surface area contributed by atoms with Crippen LogP contribution in [0.25, 0.3) is 0 Å². The van der Waals surface area contributed by atoms with E-state index in [0.29, 0.717) is 0 Å². The van der Waals surface area contributed by atoms with E-state index in [1.807, 2.05) is 4.72 Å². The van der Waals surface area contributed by atoms with Gasteiger partial charge < -0.3 is 15.9 Å². The van der Waals surface area contributed by atoms with Crippen LogP contribution in [0.15, 0.2) is 29.2 Å². The summed E-state index contributed by atoms with van der Waals surface area (Å²) in [5.41, 5.74) is 4.57. The van der Waals surface area contributed by atoms with Gasteiger partial charge in [0.2, 0.25) is 15.9 Å². The van der Waals surface area contributed by atoms with Gasteiger partial charge in [0.25, 0.3) is 0 Å². The number of hydrogen-bond acceptors (Lipinski definition) is 5. The van der Waals surface area contributed by atoms with Gasteiger partial charge in [0.05, 0.1) is 10.5 Å². The van der Waals surface area contributed by atoms with Gasteiger partial charge in [-0.05, 0) is 18.2 Å². The molecule has 0 heterocycles. The Morgan fingerprint density at radius 3 is 2.53 bits per heavy atom. The minimum Gasteiger partial charge on any atom is -0.478 e. The van der Waals surface area contributed by atoms with E-state index in [9.17, 15) is 18.0 Å². The summed E-state index contributed by atoms with van der Waals surface area (Å²) in [6.45, 7) is -0.588. The summed E-state index contributed by atoms with van der Waals surface area (Å²) >= 11 is 0. The maximum atomic E-state index is 11.8. The lowest BCUT2D eigenvalue weighted by molar-refractivity contribution is -0.125. The van der Waals surface area contributed by atoms with Gasteiger partial charge in [-0.25, -0.2) is 17.9 Å². The maximum Gasteiger partial charge on any atom is 0.335 e. The number of benzene rings is 1. The van der Waals surface area contributed by atoms with E-state index >= 15 is 0 Å². The SMILES string of the molecule is NC(=O)C(O)CNS(=O)(=O)c1cccc(C(=O)O)c1. The Hall–Kier alpha value is -1.97. The number of carbonyl (C=O) groups is 2. The standard InChI is InChI=1S/C10H12N2O6S/c11-9(14)8(13)5-12-19(17,18)7-3-1-2-6(4-7)10(15)16/h1-4,8,12-13H,5H2,(H2,11,14)(H,15,16). The lowest BCUT2D eigenvalue weighted by Gasteiger charge is -2.09. The highest BCUT2D eigenvalue weighted by Gasteiger charge is 2.19. The Labute approximate surface area is 108 Å². The first-order valence-corrected chi connectivity index (χ1v) is 6.53. The van der Waals surface area contributed by atoms with Crippen molar-refractivity contribution in [2.75, 3.05) is 6.54 Å². The highest BCUT2D eigenvalue weighted by Crippen LogP contribution is 2.11. The van der Waals surface area contributed by atoms with Crippen molar-refractivity contribution in [2.45, 2.75) is 11.0 Å². The van der Waals surface area contributed by atoms with Gasteiger partial charge in [0.1, 0.15) is 6.10 Å². The molecule has 1 amide bonds. The summed E-state index contributed by atoms with van der Waals surface area (Å²) in [6.07, 6.45) is -1.66. The number of carboxylic acid groups (broad SMARTS) is 1. The van der Waals surface area contributed by atoms with Crippen LogP contribution >= 0.6 is 0 Å². The van der Waals surface area contributed by atoms with Crippen LogP contribution in [0.5, 0.6) is 0 Å². The average Bonchev–Trinajstić information content (AvgIpc) is 2.36. The van der Waals surface area contributed by atoms with Gasteiger partial charge in [-0.3, -0.25) is 4.79 Å². The topological polar surface area (TPSA) is 147 Å². The minimum atomic E-state index is -4.03. The Balaban J connectivity index is 2.91. The van der Waals surface area contributed by atoms with Crippen LogP contribution in [0.1, 0.15) is 10.4 Å². The van der Waals surface area contributed by atoms with E-state index in [0.717, 1.165) is 6.07 Å². The van der Waals surface area contributed by atoms with Gasteiger partial charge in [0, 0.05) is 6.54 Å². The van der Waals surface area contributed by atoms with Gasteiger partial charge in [-0.2, -0.15) is 0 Å². The first-order valence-electron chi connectivity index (χ1n) is 5.04. The van der Waals surface area contributed by atoms with Crippen molar-refractivity contribution in [1.29, 1.82) is 0 Å². The smallest absolute Gasteiger partial charge is 0.335 e. The van der Waals surface area contributed by atoms with Crippen LogP contribution < -0.4 is 10.5 Å². The quantitative estimate of drug-likeness (QED) is 0.501. The number of nitrogens with one attached hydrogen (secondary N) is 1. The van der Waals surface area contributed by atoms with Crippen LogP contribution in [-0.2, 0) is 14.8 Å². The van der Waals surface area contributed by atoms with Crippen molar-refractivity contribution < 1.29 is 28.2 Å². The zero-order valence-corrected chi connectivity index (χ0v) is 10.4. The number of carbonyl (C=O) groups excluding carboxylic acids is 1. The molecule has 0 saturated heterocycles. The van der Waals surface area contributed by atoms with Gasteiger partial charge in [-0.1, -0.05) is 6.07 Å². The van der Waals surface area contributed by atoms with Gasteiger partial charge in [0.15, 0.2) is 0 Å². The molecule has 0 bridgehead atoms. The Morgan fingerprint density at radius 2 is 2.00 bits per heavy atom. The third-order valence-corrected chi connectivity index (χ3v) is 3.61. The number of nitrogens with two attached hydrogens (primary N) is 1. The second-order valence-electron chi connectivity index (χ2n) is 3.60. The maximum absolute atomic E-state index is 11.8. The third kappa shape index (κ3) is 4.02. The number of aromatic carboxylic acids is 1. The molecule has 0 spiro atoms. The van der Waals surface area contributed by atoms with Crippen molar-refractivity contribution in [3.05, 3.63) is 29.8 Å². The van der Waals surface area contributed by atoms with Gasteiger partial charge >= 0.3 is 5.97 Å². The third-order valence-electron chi connectivity index (χ3n) is 2.19. The Bertz CT molecular complexity index is 598. The summed E-state index contributed by atoms with van der Waals surface area (Å²) in [7, 11) is -4.03. The molecule has 104 valence electrons. The number of aliphatic hydroxyl groups excluding tert-OH is 1. The number of amides is 1. The summed E-state index contributed by atoms with van der Waals surface area (Å²) in [5, 5.41) is 17.8. The van der Waals surface area contributed by atoms with E-state index in [4.69, 9.17) is 15.9 Å². The predicted octanol–water partition coefficient (Wildman–Crippen LogP) is -1.49. The van der Waals surface area contributed by atoms with Crippen LogP contribution in [-0.4, -0.2) is 43.2 Å². The average molecular weight is 288 g/mol. The van der Waals surface area contributed by atoms with Crippen molar-refractivity contribution in [1.82, 2.24) is 4.72 Å². The minimum absolute atomic E-state index is 0.196.